The van der Waals surface area contributed by atoms with E-state index >= 15 is 0 Å². The molecular formula is C11H20O8S2. The molecule has 0 rings (SSSR count). The van der Waals surface area contributed by atoms with Gasteiger partial charge >= 0.3 is 11.9 Å². The van der Waals surface area contributed by atoms with E-state index in [1.54, 1.807) is 13.8 Å². The van der Waals surface area contributed by atoms with Gasteiger partial charge in [0.2, 0.25) is 0 Å². The Morgan fingerprint density at radius 1 is 0.762 bits per heavy atom. The summed E-state index contributed by atoms with van der Waals surface area (Å²) in [5.41, 5.74) is 0. The van der Waals surface area contributed by atoms with Crippen LogP contribution >= 0.6 is 0 Å². The van der Waals surface area contributed by atoms with Crippen LogP contribution in [0.5, 0.6) is 0 Å². The molecule has 0 fully saturated rings. The molecule has 8 nitrogen and oxygen atoms in total. The van der Waals surface area contributed by atoms with Crippen molar-refractivity contribution in [3.05, 3.63) is 0 Å². The normalized spacial score (nSPS) is 11.9. The number of carbonyl (C=O) groups excluding carboxylic acids is 2. The Balaban J connectivity index is 4.42. The van der Waals surface area contributed by atoms with Crippen molar-refractivity contribution < 1.29 is 35.9 Å². The van der Waals surface area contributed by atoms with Crippen LogP contribution in [0, 0.1) is 0 Å². The summed E-state index contributed by atoms with van der Waals surface area (Å²) in [6, 6.07) is 0. The van der Waals surface area contributed by atoms with E-state index in [0.29, 0.717) is 0 Å². The molecule has 0 aliphatic carbocycles. The molecule has 0 N–H and O–H groups in total. The maximum atomic E-state index is 11.6. The highest BCUT2D eigenvalue weighted by Gasteiger charge is 2.24. The van der Waals surface area contributed by atoms with Crippen LogP contribution in [0.4, 0.5) is 0 Å². The molecule has 124 valence electrons. The average Bonchev–Trinajstić information content (AvgIpc) is 2.34. The van der Waals surface area contributed by atoms with Crippen molar-refractivity contribution in [1.82, 2.24) is 0 Å². The van der Waals surface area contributed by atoms with Crippen LogP contribution in [0.3, 0.4) is 0 Å². The van der Waals surface area contributed by atoms with Crippen molar-refractivity contribution in [3.8, 4) is 0 Å². The summed E-state index contributed by atoms with van der Waals surface area (Å²) in [7, 11) is -7.91. The van der Waals surface area contributed by atoms with Crippen molar-refractivity contribution in [2.75, 3.05) is 29.8 Å². The Kier molecular flexibility index (Phi) is 8.48. The SMILES string of the molecule is CCOC(=O)CCS(=O)(=O)CS(=O)(=O)CCC(=O)OCC. The Morgan fingerprint density at radius 2 is 1.10 bits per heavy atom. The fourth-order valence-electron chi connectivity index (χ4n) is 1.34. The van der Waals surface area contributed by atoms with Crippen LogP contribution < -0.4 is 0 Å². The summed E-state index contributed by atoms with van der Waals surface area (Å²) in [6.45, 7) is 3.39. The molecule has 0 aromatic rings. The molecule has 0 bridgehead atoms. The van der Waals surface area contributed by atoms with E-state index in [4.69, 9.17) is 0 Å². The quantitative estimate of drug-likeness (QED) is 0.494. The number of rotatable bonds is 10. The highest BCUT2D eigenvalue weighted by molar-refractivity contribution is 8.08. The molecule has 0 spiro atoms. The highest BCUT2D eigenvalue weighted by atomic mass is 32.3. The summed E-state index contributed by atoms with van der Waals surface area (Å²) >= 11 is 0. The molecule has 0 aliphatic heterocycles. The van der Waals surface area contributed by atoms with E-state index in [2.05, 4.69) is 9.47 Å². The summed E-state index contributed by atoms with van der Waals surface area (Å²) in [6.07, 6.45) is -0.798. The van der Waals surface area contributed by atoms with Crippen LogP contribution in [0.2, 0.25) is 0 Å². The van der Waals surface area contributed by atoms with E-state index in [9.17, 15) is 26.4 Å². The third-order valence-electron chi connectivity index (χ3n) is 2.20. The monoisotopic (exact) mass is 344 g/mol. The van der Waals surface area contributed by atoms with Crippen molar-refractivity contribution >= 4 is 31.6 Å². The van der Waals surface area contributed by atoms with Gasteiger partial charge in [-0.3, -0.25) is 9.59 Å². The van der Waals surface area contributed by atoms with Crippen molar-refractivity contribution in [2.45, 2.75) is 26.7 Å². The Labute approximate surface area is 124 Å². The average molecular weight is 344 g/mol. The van der Waals surface area contributed by atoms with Gasteiger partial charge in [-0.15, -0.1) is 0 Å². The highest BCUT2D eigenvalue weighted by Crippen LogP contribution is 2.04. The van der Waals surface area contributed by atoms with Gasteiger partial charge < -0.3 is 9.47 Å². The van der Waals surface area contributed by atoms with Gasteiger partial charge in [-0.1, -0.05) is 0 Å². The molecule has 0 aliphatic rings. The fourth-order valence-corrected chi connectivity index (χ4v) is 5.42. The summed E-state index contributed by atoms with van der Waals surface area (Å²) in [4.78, 5) is 22.1. The zero-order chi connectivity index (χ0) is 16.5. The second-order valence-electron chi connectivity index (χ2n) is 4.12. The minimum atomic E-state index is -3.95. The molecule has 0 unspecified atom stereocenters. The number of sulfone groups is 2. The molecule has 10 heteroatoms. The maximum absolute atomic E-state index is 11.6. The first kappa shape index (κ1) is 19.8. The number of esters is 2. The van der Waals surface area contributed by atoms with Gasteiger partial charge in [-0.25, -0.2) is 16.8 Å². The van der Waals surface area contributed by atoms with Crippen LogP contribution in [0.1, 0.15) is 26.7 Å². The van der Waals surface area contributed by atoms with Gasteiger partial charge in [0.25, 0.3) is 0 Å². The first-order chi connectivity index (χ1) is 9.62. The molecule has 0 atom stereocenters. The number of carbonyl (C=O) groups is 2. The van der Waals surface area contributed by atoms with Crippen molar-refractivity contribution in [1.29, 1.82) is 0 Å². The molecule has 0 radical (unpaired) electrons. The molecule has 21 heavy (non-hydrogen) atoms. The van der Waals surface area contributed by atoms with Crippen molar-refractivity contribution in [2.24, 2.45) is 0 Å². The lowest BCUT2D eigenvalue weighted by molar-refractivity contribution is -0.143. The first-order valence-corrected chi connectivity index (χ1v) is 9.98. The van der Waals surface area contributed by atoms with Gasteiger partial charge in [0.15, 0.2) is 24.8 Å². The van der Waals surface area contributed by atoms with Crippen molar-refractivity contribution in [3.63, 3.8) is 0 Å². The molecular weight excluding hydrogens is 324 g/mol. The zero-order valence-electron chi connectivity index (χ0n) is 12.0. The lowest BCUT2D eigenvalue weighted by atomic mass is 10.5. The Bertz CT molecular complexity index is 497. The Hall–Kier alpha value is -1.16. The van der Waals surface area contributed by atoms with E-state index < -0.39 is 61.0 Å². The minimum absolute atomic E-state index is 0.122. The second-order valence-corrected chi connectivity index (χ2v) is 8.86. The molecule has 0 heterocycles. The van der Waals surface area contributed by atoms with Crippen LogP contribution in [0.15, 0.2) is 0 Å². The third-order valence-corrected chi connectivity index (χ3v) is 6.73. The smallest absolute Gasteiger partial charge is 0.306 e. The summed E-state index contributed by atoms with van der Waals surface area (Å²) < 4.78 is 55.6. The lowest BCUT2D eigenvalue weighted by Gasteiger charge is -2.06. The predicted molar refractivity (Wildman–Crippen MR) is 74.9 cm³/mol. The number of ether oxygens (including phenoxy) is 2. The Morgan fingerprint density at radius 3 is 1.38 bits per heavy atom. The van der Waals surface area contributed by atoms with E-state index in [-0.39, 0.29) is 13.2 Å². The minimum Gasteiger partial charge on any atom is -0.466 e. The standard InChI is InChI=1S/C11H20O8S2/c1-3-18-10(12)5-7-20(14,15)9-21(16,17)8-6-11(13)19-4-2/h3-9H2,1-2H3. The van der Waals surface area contributed by atoms with Gasteiger partial charge in [-0.2, -0.15) is 0 Å². The van der Waals surface area contributed by atoms with E-state index in [0.717, 1.165) is 0 Å². The molecule has 0 aromatic carbocycles. The van der Waals surface area contributed by atoms with Gasteiger partial charge in [0.05, 0.1) is 37.6 Å². The van der Waals surface area contributed by atoms with E-state index in [1.807, 2.05) is 0 Å². The van der Waals surface area contributed by atoms with E-state index in [1.165, 1.54) is 0 Å². The largest absolute Gasteiger partial charge is 0.466 e. The molecule has 0 amide bonds. The topological polar surface area (TPSA) is 121 Å². The van der Waals surface area contributed by atoms with Gasteiger partial charge in [0.1, 0.15) is 0 Å². The number of hydrogen-bond acceptors (Lipinski definition) is 8. The number of hydrogen-bond donors (Lipinski definition) is 0. The maximum Gasteiger partial charge on any atom is 0.306 e. The third kappa shape index (κ3) is 10.2. The van der Waals surface area contributed by atoms with Crippen LogP contribution in [-0.2, 0) is 38.7 Å². The van der Waals surface area contributed by atoms with Gasteiger partial charge in [0, 0.05) is 0 Å². The second kappa shape index (κ2) is 8.98. The molecule has 0 saturated heterocycles. The predicted octanol–water partition coefficient (Wildman–Crippen LogP) is -0.320. The zero-order valence-corrected chi connectivity index (χ0v) is 13.7. The first-order valence-electron chi connectivity index (χ1n) is 6.34. The molecule has 0 saturated carbocycles. The molecule has 0 aromatic heterocycles. The lowest BCUT2D eigenvalue weighted by Crippen LogP contribution is -2.24. The van der Waals surface area contributed by atoms with Gasteiger partial charge in [-0.05, 0) is 13.8 Å². The fraction of sp³-hybridized carbons (Fsp3) is 0.818. The van der Waals surface area contributed by atoms with Crippen LogP contribution in [-0.4, -0.2) is 58.6 Å². The van der Waals surface area contributed by atoms with Crippen LogP contribution in [0.25, 0.3) is 0 Å². The summed E-state index contributed by atoms with van der Waals surface area (Å²) in [5.74, 6) is -2.62. The summed E-state index contributed by atoms with van der Waals surface area (Å²) in [5, 5.41) is -1.10.